The molecule has 0 amide bonds. The summed E-state index contributed by atoms with van der Waals surface area (Å²) >= 11 is 5.19. The summed E-state index contributed by atoms with van der Waals surface area (Å²) in [6.45, 7) is -2.89. The number of thiocarbonyl (C=S) groups is 1. The van der Waals surface area contributed by atoms with Crippen LogP contribution < -0.4 is 20.1 Å². The molecule has 0 radical (unpaired) electrons. The highest BCUT2D eigenvalue weighted by atomic mass is 32.2. The van der Waals surface area contributed by atoms with Gasteiger partial charge in [0, 0.05) is 23.8 Å². The Morgan fingerprint density at radius 1 is 0.933 bits per heavy atom. The van der Waals surface area contributed by atoms with Crippen LogP contribution in [0.15, 0.2) is 71.9 Å². The highest BCUT2D eigenvalue weighted by Gasteiger charge is 2.15. The molecule has 30 heavy (non-hydrogen) atoms. The van der Waals surface area contributed by atoms with Crippen LogP contribution >= 0.6 is 12.2 Å². The van der Waals surface area contributed by atoms with Crippen LogP contribution in [-0.2, 0) is 10.0 Å². The lowest BCUT2D eigenvalue weighted by atomic mass is 10.3. The molecular weight excluding hydrogens is 436 g/mol. The lowest BCUT2D eigenvalue weighted by Crippen LogP contribution is -2.19. The van der Waals surface area contributed by atoms with Gasteiger partial charge < -0.3 is 15.4 Å². The van der Waals surface area contributed by atoms with E-state index in [-0.39, 0.29) is 21.7 Å². The number of ether oxygens (including phenoxy) is 1. The number of hydrogen-bond donors (Lipinski definition) is 3. The van der Waals surface area contributed by atoms with Gasteiger partial charge >= 0.3 is 6.61 Å². The van der Waals surface area contributed by atoms with E-state index in [1.807, 2.05) is 0 Å². The van der Waals surface area contributed by atoms with Crippen molar-refractivity contribution in [1.82, 2.24) is 9.97 Å². The largest absolute Gasteiger partial charge is 0.435 e. The molecule has 12 heteroatoms. The zero-order valence-electron chi connectivity index (χ0n) is 15.1. The van der Waals surface area contributed by atoms with Crippen molar-refractivity contribution in [2.45, 2.75) is 11.5 Å². The SMILES string of the molecule is O=S(=O)(Nc1ncccn1)c1ccc(NC(=S)Nc2ccc(OC(F)F)cc2)cc1. The molecule has 3 rings (SSSR count). The third kappa shape index (κ3) is 6.06. The first kappa shape index (κ1) is 21.3. The van der Waals surface area contributed by atoms with Gasteiger partial charge in [0.1, 0.15) is 5.75 Å². The first-order chi connectivity index (χ1) is 14.3. The van der Waals surface area contributed by atoms with E-state index in [2.05, 4.69) is 30.1 Å². The van der Waals surface area contributed by atoms with E-state index in [0.29, 0.717) is 11.4 Å². The van der Waals surface area contributed by atoms with Crippen molar-refractivity contribution in [2.24, 2.45) is 0 Å². The third-order valence-corrected chi connectivity index (χ3v) is 5.10. The summed E-state index contributed by atoms with van der Waals surface area (Å²) in [6.07, 6.45) is 2.84. The molecule has 0 saturated heterocycles. The Kier molecular flexibility index (Phi) is 6.69. The predicted octanol–water partition coefficient (Wildman–Crippen LogP) is 3.69. The number of rotatable bonds is 7. The van der Waals surface area contributed by atoms with Crippen LogP contribution in [0.2, 0.25) is 0 Å². The van der Waals surface area contributed by atoms with Gasteiger partial charge in [0.15, 0.2) is 5.11 Å². The van der Waals surface area contributed by atoms with Gasteiger partial charge in [-0.25, -0.2) is 23.1 Å². The summed E-state index contributed by atoms with van der Waals surface area (Å²) in [4.78, 5) is 7.67. The second kappa shape index (κ2) is 9.41. The van der Waals surface area contributed by atoms with Crippen molar-refractivity contribution >= 4 is 44.7 Å². The molecule has 0 saturated carbocycles. The van der Waals surface area contributed by atoms with Gasteiger partial charge in [-0.15, -0.1) is 0 Å². The van der Waals surface area contributed by atoms with Crippen molar-refractivity contribution in [3.8, 4) is 5.75 Å². The molecule has 3 aromatic rings. The second-order valence-electron chi connectivity index (χ2n) is 5.68. The highest BCUT2D eigenvalue weighted by Crippen LogP contribution is 2.19. The molecule has 0 unspecified atom stereocenters. The van der Waals surface area contributed by atoms with Gasteiger partial charge in [0.25, 0.3) is 10.0 Å². The lowest BCUT2D eigenvalue weighted by molar-refractivity contribution is -0.0498. The van der Waals surface area contributed by atoms with Crippen LogP contribution in [-0.4, -0.2) is 30.1 Å². The molecule has 1 aromatic heterocycles. The molecule has 2 aromatic carbocycles. The molecule has 0 fully saturated rings. The van der Waals surface area contributed by atoms with Gasteiger partial charge in [-0.1, -0.05) is 0 Å². The average molecular weight is 451 g/mol. The fourth-order valence-corrected chi connectivity index (χ4v) is 3.46. The number of nitrogens with one attached hydrogen (secondary N) is 3. The van der Waals surface area contributed by atoms with E-state index in [0.717, 1.165) is 0 Å². The molecule has 0 aliphatic carbocycles. The molecule has 0 atom stereocenters. The minimum absolute atomic E-state index is 0.0222. The van der Waals surface area contributed by atoms with Gasteiger partial charge in [-0.05, 0) is 66.8 Å². The topological polar surface area (TPSA) is 105 Å². The number of sulfonamides is 1. The predicted molar refractivity (Wildman–Crippen MR) is 112 cm³/mol. The van der Waals surface area contributed by atoms with E-state index in [1.165, 1.54) is 60.9 Å². The number of nitrogens with zero attached hydrogens (tertiary/aromatic N) is 2. The number of aromatic nitrogens is 2. The van der Waals surface area contributed by atoms with Gasteiger partial charge in [0.2, 0.25) is 5.95 Å². The van der Waals surface area contributed by atoms with Gasteiger partial charge in [-0.3, -0.25) is 0 Å². The monoisotopic (exact) mass is 451 g/mol. The third-order valence-electron chi connectivity index (χ3n) is 3.55. The zero-order valence-corrected chi connectivity index (χ0v) is 16.8. The second-order valence-corrected chi connectivity index (χ2v) is 7.77. The average Bonchev–Trinajstić information content (AvgIpc) is 2.70. The first-order valence-corrected chi connectivity index (χ1v) is 10.2. The molecule has 0 bridgehead atoms. The van der Waals surface area contributed by atoms with Crippen molar-refractivity contribution < 1.29 is 21.9 Å². The summed E-state index contributed by atoms with van der Waals surface area (Å²) in [5, 5.41) is 6.00. The molecule has 3 N–H and O–H groups in total. The smallest absolute Gasteiger partial charge is 0.387 e. The summed E-state index contributed by atoms with van der Waals surface area (Å²) < 4.78 is 55.6. The van der Waals surface area contributed by atoms with E-state index in [1.54, 1.807) is 6.07 Å². The van der Waals surface area contributed by atoms with Crippen LogP contribution in [0, 0.1) is 0 Å². The van der Waals surface area contributed by atoms with E-state index >= 15 is 0 Å². The van der Waals surface area contributed by atoms with Crippen LogP contribution in [0.3, 0.4) is 0 Å². The van der Waals surface area contributed by atoms with E-state index < -0.39 is 16.6 Å². The first-order valence-electron chi connectivity index (χ1n) is 8.34. The van der Waals surface area contributed by atoms with Crippen LogP contribution in [0.4, 0.5) is 26.1 Å². The summed E-state index contributed by atoms with van der Waals surface area (Å²) in [5.41, 5.74) is 1.10. The van der Waals surface area contributed by atoms with Crippen LogP contribution in [0.5, 0.6) is 5.75 Å². The molecule has 0 spiro atoms. The maximum Gasteiger partial charge on any atom is 0.387 e. The fraction of sp³-hybridized carbons (Fsp3) is 0.0556. The zero-order chi connectivity index (χ0) is 21.6. The quantitative estimate of drug-likeness (QED) is 0.467. The normalized spacial score (nSPS) is 11.0. The highest BCUT2D eigenvalue weighted by molar-refractivity contribution is 7.92. The molecule has 156 valence electrons. The summed E-state index contributed by atoms with van der Waals surface area (Å²) in [6, 6.07) is 13.2. The van der Waals surface area contributed by atoms with Gasteiger partial charge in [-0.2, -0.15) is 8.78 Å². The Hall–Kier alpha value is -3.38. The van der Waals surface area contributed by atoms with Crippen LogP contribution in [0.25, 0.3) is 0 Å². The minimum Gasteiger partial charge on any atom is -0.435 e. The van der Waals surface area contributed by atoms with Crippen molar-refractivity contribution in [1.29, 1.82) is 0 Å². The van der Waals surface area contributed by atoms with Gasteiger partial charge in [0.05, 0.1) is 4.90 Å². The number of anilines is 3. The maximum atomic E-state index is 12.4. The molecule has 0 aliphatic rings. The molecular formula is C18H15F2N5O3S2. The summed E-state index contributed by atoms with van der Waals surface area (Å²) in [5.74, 6) is -0.00390. The Balaban J connectivity index is 1.59. The van der Waals surface area contributed by atoms with Crippen molar-refractivity contribution in [3.63, 3.8) is 0 Å². The van der Waals surface area contributed by atoms with Crippen LogP contribution in [0.1, 0.15) is 0 Å². The molecule has 8 nitrogen and oxygen atoms in total. The van der Waals surface area contributed by atoms with E-state index in [9.17, 15) is 17.2 Å². The Labute approximate surface area is 176 Å². The van der Waals surface area contributed by atoms with Crippen molar-refractivity contribution in [2.75, 3.05) is 15.4 Å². The molecule has 1 heterocycles. The Morgan fingerprint density at radius 3 is 2.00 bits per heavy atom. The fourth-order valence-electron chi connectivity index (χ4n) is 2.26. The standard InChI is InChI=1S/C18H15F2N5O3S2/c19-16(20)28-14-6-2-12(3-7-14)23-18(29)24-13-4-8-15(9-5-13)30(26,27)25-17-21-10-1-11-22-17/h1-11,16H,(H,21,22,25)(H2,23,24,29). The van der Waals surface area contributed by atoms with Crippen molar-refractivity contribution in [3.05, 3.63) is 67.0 Å². The minimum atomic E-state index is -3.84. The van der Waals surface area contributed by atoms with E-state index in [4.69, 9.17) is 12.2 Å². The summed E-state index contributed by atoms with van der Waals surface area (Å²) in [7, 11) is -3.84. The Bertz CT molecular complexity index is 1100. The molecule has 0 aliphatic heterocycles. The Morgan fingerprint density at radius 2 is 1.47 bits per heavy atom. The lowest BCUT2D eigenvalue weighted by Gasteiger charge is -2.12. The number of benzene rings is 2. The number of alkyl halides is 2. The number of hydrogen-bond acceptors (Lipinski definition) is 6. The number of halogens is 2. The maximum absolute atomic E-state index is 12.4.